The van der Waals surface area contributed by atoms with E-state index in [0.29, 0.717) is 36.0 Å². The maximum Gasteiger partial charge on any atom is 0.333 e. The molecule has 4 heteroatoms. The Morgan fingerprint density at radius 2 is 1.95 bits per heavy atom. The first-order valence-electron chi connectivity index (χ1n) is 8.37. The fourth-order valence-electron chi connectivity index (χ4n) is 4.52. The third-order valence-electron chi connectivity index (χ3n) is 5.65. The zero-order valence-electron chi connectivity index (χ0n) is 13.2. The van der Waals surface area contributed by atoms with Gasteiger partial charge in [0.05, 0.1) is 0 Å². The van der Waals surface area contributed by atoms with Crippen LogP contribution in [0.1, 0.15) is 51.9 Å². The first-order chi connectivity index (χ1) is 10.5. The van der Waals surface area contributed by atoms with Gasteiger partial charge in [-0.25, -0.2) is 4.79 Å². The number of carbonyl (C=O) groups is 3. The third-order valence-corrected chi connectivity index (χ3v) is 5.65. The monoisotopic (exact) mass is 304 g/mol. The van der Waals surface area contributed by atoms with Gasteiger partial charge in [-0.1, -0.05) is 6.58 Å². The summed E-state index contributed by atoms with van der Waals surface area (Å²) in [4.78, 5) is 35.9. The molecule has 2 bridgehead atoms. The molecule has 0 amide bonds. The highest BCUT2D eigenvalue weighted by atomic mass is 16.5. The first-order valence-corrected chi connectivity index (χ1v) is 8.37. The second kappa shape index (κ2) is 5.98. The molecule has 3 fully saturated rings. The maximum absolute atomic E-state index is 12.7. The van der Waals surface area contributed by atoms with Gasteiger partial charge in [0.1, 0.15) is 17.7 Å². The van der Waals surface area contributed by atoms with Crippen molar-refractivity contribution < 1.29 is 19.1 Å². The van der Waals surface area contributed by atoms with Gasteiger partial charge in [-0.05, 0) is 50.9 Å². The van der Waals surface area contributed by atoms with Gasteiger partial charge in [0.2, 0.25) is 0 Å². The summed E-state index contributed by atoms with van der Waals surface area (Å²) >= 11 is 0. The molecular formula is C18H24O4. The van der Waals surface area contributed by atoms with E-state index in [-0.39, 0.29) is 29.7 Å². The van der Waals surface area contributed by atoms with Crippen LogP contribution < -0.4 is 0 Å². The van der Waals surface area contributed by atoms with Crippen LogP contribution in [0.3, 0.4) is 0 Å². The number of ether oxygens (including phenoxy) is 1. The van der Waals surface area contributed by atoms with Crippen LogP contribution in [0.2, 0.25) is 0 Å². The summed E-state index contributed by atoms with van der Waals surface area (Å²) in [7, 11) is 0. The lowest BCUT2D eigenvalue weighted by atomic mass is 9.75. The number of ketones is 2. The molecule has 5 atom stereocenters. The van der Waals surface area contributed by atoms with Crippen molar-refractivity contribution in [3.05, 3.63) is 12.2 Å². The summed E-state index contributed by atoms with van der Waals surface area (Å²) in [5.41, 5.74) is 0.427. The lowest BCUT2D eigenvalue weighted by Crippen LogP contribution is -2.35. The van der Waals surface area contributed by atoms with Gasteiger partial charge in [-0.2, -0.15) is 0 Å². The van der Waals surface area contributed by atoms with Crippen molar-refractivity contribution in [2.24, 2.45) is 23.7 Å². The number of fused-ring (bicyclic) bond motifs is 2. The Morgan fingerprint density at radius 3 is 2.55 bits per heavy atom. The van der Waals surface area contributed by atoms with Gasteiger partial charge in [-0.15, -0.1) is 0 Å². The highest BCUT2D eigenvalue weighted by molar-refractivity contribution is 5.91. The predicted molar refractivity (Wildman–Crippen MR) is 81.0 cm³/mol. The van der Waals surface area contributed by atoms with Crippen molar-refractivity contribution in [2.75, 3.05) is 0 Å². The van der Waals surface area contributed by atoms with E-state index < -0.39 is 0 Å². The minimum absolute atomic E-state index is 0.0498. The smallest absolute Gasteiger partial charge is 0.333 e. The van der Waals surface area contributed by atoms with Gasteiger partial charge in [-0.3, -0.25) is 9.59 Å². The maximum atomic E-state index is 12.7. The van der Waals surface area contributed by atoms with Crippen LogP contribution in [0, 0.1) is 23.7 Å². The molecule has 0 aromatic rings. The van der Waals surface area contributed by atoms with Crippen molar-refractivity contribution in [3.8, 4) is 0 Å². The number of rotatable bonds is 4. The molecule has 3 aliphatic carbocycles. The summed E-state index contributed by atoms with van der Waals surface area (Å²) in [6, 6.07) is 0. The zero-order chi connectivity index (χ0) is 15.9. The summed E-state index contributed by atoms with van der Waals surface area (Å²) in [6.45, 7) is 5.26. The number of Topliss-reactive ketones (excluding diaryl/α,β-unsaturated/α-hetero) is 2. The van der Waals surface area contributed by atoms with Crippen molar-refractivity contribution in [1.29, 1.82) is 0 Å². The van der Waals surface area contributed by atoms with E-state index in [9.17, 15) is 14.4 Å². The van der Waals surface area contributed by atoms with E-state index in [1.807, 2.05) is 0 Å². The number of hydrogen-bond donors (Lipinski definition) is 0. The number of hydrogen-bond acceptors (Lipinski definition) is 4. The lowest BCUT2D eigenvalue weighted by molar-refractivity contribution is -0.147. The Balaban J connectivity index is 1.57. The SMILES string of the molecule is C=C(C)C(=O)OC1CC2CC1CC2C(=O)C1CCCC(=O)C1. The molecule has 3 saturated carbocycles. The second-order valence-electron chi connectivity index (χ2n) is 7.29. The van der Waals surface area contributed by atoms with Gasteiger partial charge in [0, 0.05) is 30.3 Å². The van der Waals surface area contributed by atoms with Crippen LogP contribution in [0.4, 0.5) is 0 Å². The fourth-order valence-corrected chi connectivity index (χ4v) is 4.52. The zero-order valence-corrected chi connectivity index (χ0v) is 13.2. The fraction of sp³-hybridized carbons (Fsp3) is 0.722. The first kappa shape index (κ1) is 15.4. The summed E-state index contributed by atoms with van der Waals surface area (Å²) in [5, 5.41) is 0. The Kier molecular flexibility index (Phi) is 4.20. The highest BCUT2D eigenvalue weighted by Gasteiger charge is 2.51. The van der Waals surface area contributed by atoms with Gasteiger partial charge < -0.3 is 4.74 Å². The molecule has 4 nitrogen and oxygen atoms in total. The highest BCUT2D eigenvalue weighted by Crippen LogP contribution is 2.51. The Labute approximate surface area is 131 Å². The Hall–Kier alpha value is -1.45. The van der Waals surface area contributed by atoms with E-state index in [1.165, 1.54) is 0 Å². The van der Waals surface area contributed by atoms with Crippen LogP contribution in [-0.4, -0.2) is 23.6 Å². The van der Waals surface area contributed by atoms with E-state index in [1.54, 1.807) is 6.92 Å². The molecule has 22 heavy (non-hydrogen) atoms. The molecule has 3 aliphatic rings. The molecule has 5 unspecified atom stereocenters. The molecule has 0 aromatic carbocycles. The van der Waals surface area contributed by atoms with Crippen LogP contribution in [-0.2, 0) is 19.1 Å². The number of carbonyl (C=O) groups excluding carboxylic acids is 3. The quantitative estimate of drug-likeness (QED) is 0.592. The van der Waals surface area contributed by atoms with E-state index in [0.717, 1.165) is 32.1 Å². The van der Waals surface area contributed by atoms with Crippen molar-refractivity contribution in [3.63, 3.8) is 0 Å². The molecule has 3 rings (SSSR count). The summed E-state index contributed by atoms with van der Waals surface area (Å²) in [5.74, 6) is 0.881. The van der Waals surface area contributed by atoms with E-state index >= 15 is 0 Å². The van der Waals surface area contributed by atoms with Gasteiger partial charge >= 0.3 is 5.97 Å². The molecular weight excluding hydrogens is 280 g/mol. The molecule has 0 saturated heterocycles. The van der Waals surface area contributed by atoms with E-state index in [4.69, 9.17) is 4.74 Å². The van der Waals surface area contributed by atoms with E-state index in [2.05, 4.69) is 6.58 Å². The van der Waals surface area contributed by atoms with Crippen molar-refractivity contribution >= 4 is 17.5 Å². The normalized spacial score (nSPS) is 37.1. The molecule has 0 radical (unpaired) electrons. The topological polar surface area (TPSA) is 60.4 Å². The average Bonchev–Trinajstić information content (AvgIpc) is 3.06. The number of esters is 1. The predicted octanol–water partition coefficient (Wildman–Crippen LogP) is 2.85. The summed E-state index contributed by atoms with van der Waals surface area (Å²) in [6.07, 6.45) is 5.35. The Bertz CT molecular complexity index is 521. The third kappa shape index (κ3) is 2.88. The standard InChI is InChI=1S/C18H24O4/c1-10(2)18(21)22-16-9-12-6-13(16)8-15(12)17(20)11-4-3-5-14(19)7-11/h11-13,15-16H,1,3-9H2,2H3. The lowest BCUT2D eigenvalue weighted by Gasteiger charge is -2.30. The van der Waals surface area contributed by atoms with Crippen molar-refractivity contribution in [1.82, 2.24) is 0 Å². The second-order valence-corrected chi connectivity index (χ2v) is 7.29. The molecule has 0 aromatic heterocycles. The van der Waals surface area contributed by atoms with Crippen LogP contribution in [0.15, 0.2) is 12.2 Å². The average molecular weight is 304 g/mol. The minimum atomic E-state index is -0.321. The van der Waals surface area contributed by atoms with Crippen LogP contribution in [0.5, 0.6) is 0 Å². The summed E-state index contributed by atoms with van der Waals surface area (Å²) < 4.78 is 5.49. The largest absolute Gasteiger partial charge is 0.459 e. The van der Waals surface area contributed by atoms with Crippen molar-refractivity contribution in [2.45, 2.75) is 58.0 Å². The molecule has 0 spiro atoms. The van der Waals surface area contributed by atoms with Crippen LogP contribution in [0.25, 0.3) is 0 Å². The van der Waals surface area contributed by atoms with Gasteiger partial charge in [0.25, 0.3) is 0 Å². The Morgan fingerprint density at radius 1 is 1.18 bits per heavy atom. The van der Waals surface area contributed by atoms with Crippen LogP contribution >= 0.6 is 0 Å². The minimum Gasteiger partial charge on any atom is -0.459 e. The molecule has 0 aliphatic heterocycles. The molecule has 0 N–H and O–H groups in total. The molecule has 120 valence electrons. The molecule has 0 heterocycles. The van der Waals surface area contributed by atoms with Gasteiger partial charge in [0.15, 0.2) is 0 Å².